The van der Waals surface area contributed by atoms with E-state index in [0.717, 1.165) is 6.07 Å². The van der Waals surface area contributed by atoms with Crippen molar-refractivity contribution in [3.05, 3.63) is 39.9 Å². The van der Waals surface area contributed by atoms with E-state index in [4.69, 9.17) is 9.05 Å². The minimum atomic E-state index is -3.75. The molecule has 0 heterocycles. The van der Waals surface area contributed by atoms with Crippen LogP contribution in [0.25, 0.3) is 0 Å². The van der Waals surface area contributed by atoms with Gasteiger partial charge >= 0.3 is 7.60 Å². The second-order valence-corrected chi connectivity index (χ2v) is 5.69. The molecule has 1 aromatic rings. The van der Waals surface area contributed by atoms with Gasteiger partial charge in [0.1, 0.15) is 0 Å². The van der Waals surface area contributed by atoms with Crippen molar-refractivity contribution in [3.63, 3.8) is 0 Å². The van der Waals surface area contributed by atoms with E-state index in [0.29, 0.717) is 0 Å². The van der Waals surface area contributed by atoms with Gasteiger partial charge in [0, 0.05) is 12.1 Å². The van der Waals surface area contributed by atoms with Crippen LogP contribution in [0.2, 0.25) is 0 Å². The first-order chi connectivity index (χ1) is 8.94. The molecular weight excluding hydrogens is 273 g/mol. The van der Waals surface area contributed by atoms with Crippen LogP contribution >= 0.6 is 7.60 Å². The van der Waals surface area contributed by atoms with Crippen molar-refractivity contribution >= 4 is 13.3 Å². The molecule has 1 atom stereocenters. The molecule has 0 bridgehead atoms. The first-order valence-corrected chi connectivity index (χ1v) is 7.37. The van der Waals surface area contributed by atoms with Gasteiger partial charge in [-0.05, 0) is 19.4 Å². The summed E-state index contributed by atoms with van der Waals surface area (Å²) < 4.78 is 22.3. The van der Waals surface area contributed by atoms with Gasteiger partial charge in [0.15, 0.2) is 5.85 Å². The molecule has 0 fully saturated rings. The van der Waals surface area contributed by atoms with Crippen molar-refractivity contribution in [1.29, 1.82) is 0 Å². The van der Waals surface area contributed by atoms with Gasteiger partial charge in [-0.2, -0.15) is 0 Å². The number of hydrogen-bond donors (Lipinski definition) is 1. The summed E-state index contributed by atoms with van der Waals surface area (Å²) in [6.45, 7) is 3.43. The number of aliphatic hydroxyl groups is 1. The van der Waals surface area contributed by atoms with Crippen LogP contribution < -0.4 is 0 Å². The summed E-state index contributed by atoms with van der Waals surface area (Å²) in [5, 5.41) is 20.7. The van der Waals surface area contributed by atoms with Gasteiger partial charge in [-0.3, -0.25) is 14.7 Å². The molecule has 8 heteroatoms. The van der Waals surface area contributed by atoms with Gasteiger partial charge in [0.05, 0.1) is 18.1 Å². The number of benzene rings is 1. The molecular formula is C11H16NO6P. The molecule has 0 aliphatic carbocycles. The SMILES string of the molecule is CCOP(=O)(OCC)[C@H](O)c1cccc([N+](=O)[O-])c1. The Hall–Kier alpha value is -1.27. The highest BCUT2D eigenvalue weighted by Crippen LogP contribution is 2.59. The molecule has 0 saturated heterocycles. The topological polar surface area (TPSA) is 98.9 Å². The smallest absolute Gasteiger partial charge is 0.363 e. The van der Waals surface area contributed by atoms with Gasteiger partial charge in [-0.15, -0.1) is 0 Å². The molecule has 0 saturated carbocycles. The molecule has 0 amide bonds. The fourth-order valence-corrected chi connectivity index (χ4v) is 3.12. The van der Waals surface area contributed by atoms with E-state index in [9.17, 15) is 19.8 Å². The van der Waals surface area contributed by atoms with E-state index >= 15 is 0 Å². The van der Waals surface area contributed by atoms with E-state index in [1.807, 2.05) is 0 Å². The first-order valence-electron chi connectivity index (χ1n) is 5.75. The largest absolute Gasteiger partial charge is 0.376 e. The third kappa shape index (κ3) is 3.84. The summed E-state index contributed by atoms with van der Waals surface area (Å²) in [5.74, 6) is -1.55. The number of aliphatic hydroxyl groups excluding tert-OH is 1. The van der Waals surface area contributed by atoms with Crippen molar-refractivity contribution in [2.75, 3.05) is 13.2 Å². The number of nitro benzene ring substituents is 1. The zero-order valence-electron chi connectivity index (χ0n) is 10.7. The van der Waals surface area contributed by atoms with E-state index < -0.39 is 18.4 Å². The zero-order valence-corrected chi connectivity index (χ0v) is 11.6. The monoisotopic (exact) mass is 289 g/mol. The maximum absolute atomic E-state index is 12.3. The predicted molar refractivity (Wildman–Crippen MR) is 68.9 cm³/mol. The first kappa shape index (κ1) is 15.8. The second-order valence-electron chi connectivity index (χ2n) is 3.60. The van der Waals surface area contributed by atoms with Crippen molar-refractivity contribution in [2.45, 2.75) is 19.7 Å². The lowest BCUT2D eigenvalue weighted by Crippen LogP contribution is -2.06. The van der Waals surface area contributed by atoms with E-state index in [2.05, 4.69) is 0 Å². The lowest BCUT2D eigenvalue weighted by atomic mass is 10.2. The van der Waals surface area contributed by atoms with Crippen LogP contribution in [0, 0.1) is 10.1 Å². The molecule has 19 heavy (non-hydrogen) atoms. The Bertz CT molecular complexity index is 482. The highest BCUT2D eigenvalue weighted by atomic mass is 31.2. The van der Waals surface area contributed by atoms with Crippen LogP contribution in [0.4, 0.5) is 5.69 Å². The molecule has 0 aliphatic heterocycles. The fourth-order valence-electron chi connectivity index (χ4n) is 1.52. The van der Waals surface area contributed by atoms with Gasteiger partial charge < -0.3 is 14.2 Å². The standard InChI is InChI=1S/C11H16NO6P/c1-3-17-19(16,18-4-2)11(13)9-6-5-7-10(8-9)12(14)15/h5-8,11,13H,3-4H2,1-2H3/t11-/m0/s1. The van der Waals surface area contributed by atoms with Crippen molar-refractivity contribution in [3.8, 4) is 0 Å². The van der Waals surface area contributed by atoms with Crippen LogP contribution in [-0.2, 0) is 13.6 Å². The average Bonchev–Trinajstić information content (AvgIpc) is 2.38. The predicted octanol–water partition coefficient (Wildman–Crippen LogP) is 2.85. The Morgan fingerprint density at radius 3 is 2.42 bits per heavy atom. The van der Waals surface area contributed by atoms with Gasteiger partial charge in [0.25, 0.3) is 5.69 Å². The molecule has 106 valence electrons. The lowest BCUT2D eigenvalue weighted by Gasteiger charge is -2.22. The Kier molecular flexibility index (Phi) is 5.62. The van der Waals surface area contributed by atoms with Gasteiger partial charge in [-0.25, -0.2) is 0 Å². The van der Waals surface area contributed by atoms with Crippen LogP contribution in [0.1, 0.15) is 25.3 Å². The molecule has 1 aromatic carbocycles. The maximum atomic E-state index is 12.3. The Morgan fingerprint density at radius 1 is 1.37 bits per heavy atom. The highest BCUT2D eigenvalue weighted by molar-refractivity contribution is 7.54. The Labute approximate surface area is 110 Å². The van der Waals surface area contributed by atoms with Gasteiger partial charge in [0.2, 0.25) is 0 Å². The fraction of sp³-hybridized carbons (Fsp3) is 0.455. The molecule has 1 N–H and O–H groups in total. The molecule has 0 aromatic heterocycles. The third-order valence-corrected chi connectivity index (χ3v) is 4.43. The Balaban J connectivity index is 3.09. The summed E-state index contributed by atoms with van der Waals surface area (Å²) in [7, 11) is -3.75. The molecule has 0 unspecified atom stereocenters. The van der Waals surface area contributed by atoms with Crippen molar-refractivity contribution in [1.82, 2.24) is 0 Å². The summed E-state index contributed by atoms with van der Waals surface area (Å²) in [6.07, 6.45) is 0. The van der Waals surface area contributed by atoms with Crippen LogP contribution in [-0.4, -0.2) is 23.2 Å². The van der Waals surface area contributed by atoms with E-state index in [1.165, 1.54) is 18.2 Å². The van der Waals surface area contributed by atoms with E-state index in [-0.39, 0.29) is 24.5 Å². The minimum Gasteiger partial charge on any atom is -0.376 e. The quantitative estimate of drug-likeness (QED) is 0.470. The lowest BCUT2D eigenvalue weighted by molar-refractivity contribution is -0.385. The molecule has 0 aliphatic rings. The Morgan fingerprint density at radius 2 is 1.95 bits per heavy atom. The average molecular weight is 289 g/mol. The molecule has 0 radical (unpaired) electrons. The van der Waals surface area contributed by atoms with Crippen molar-refractivity contribution < 1.29 is 23.6 Å². The third-order valence-electron chi connectivity index (χ3n) is 2.30. The molecule has 7 nitrogen and oxygen atoms in total. The summed E-state index contributed by atoms with van der Waals surface area (Å²) in [4.78, 5) is 10.1. The van der Waals surface area contributed by atoms with E-state index in [1.54, 1.807) is 13.8 Å². The molecule has 0 spiro atoms. The number of rotatable bonds is 7. The van der Waals surface area contributed by atoms with Crippen LogP contribution in [0.5, 0.6) is 0 Å². The van der Waals surface area contributed by atoms with Gasteiger partial charge in [-0.1, -0.05) is 12.1 Å². The van der Waals surface area contributed by atoms with Crippen LogP contribution in [0.3, 0.4) is 0 Å². The number of nitro groups is 1. The normalized spacial score (nSPS) is 13.2. The van der Waals surface area contributed by atoms with Crippen molar-refractivity contribution in [2.24, 2.45) is 0 Å². The molecule has 1 rings (SSSR count). The highest BCUT2D eigenvalue weighted by Gasteiger charge is 2.35. The number of non-ortho nitro benzene ring substituents is 1. The summed E-state index contributed by atoms with van der Waals surface area (Å²) >= 11 is 0. The zero-order chi connectivity index (χ0) is 14.5. The minimum absolute atomic E-state index is 0.100. The second kappa shape index (κ2) is 6.77. The number of nitrogens with zero attached hydrogens (tertiary/aromatic N) is 1. The van der Waals surface area contributed by atoms with Crippen LogP contribution in [0.15, 0.2) is 24.3 Å². The maximum Gasteiger partial charge on any atom is 0.363 e. The number of hydrogen-bond acceptors (Lipinski definition) is 6. The summed E-state index contributed by atoms with van der Waals surface area (Å²) in [5.41, 5.74) is -0.0736. The summed E-state index contributed by atoms with van der Waals surface area (Å²) in [6, 6.07) is 5.26.